The Labute approximate surface area is 208 Å². The van der Waals surface area contributed by atoms with Crippen LogP contribution in [0.4, 0.5) is 0 Å². The van der Waals surface area contributed by atoms with E-state index in [1.165, 1.54) is 16.8 Å². The molecule has 0 saturated carbocycles. The minimum Gasteiger partial charge on any atom is -0.497 e. The van der Waals surface area contributed by atoms with Gasteiger partial charge in [0, 0.05) is 12.3 Å². The molecule has 1 aromatic heterocycles. The lowest BCUT2D eigenvalue weighted by Crippen LogP contribution is -2.36. The number of methoxy groups -OCH3 is 1. The highest BCUT2D eigenvalue weighted by atomic mass is 16.6. The van der Waals surface area contributed by atoms with Gasteiger partial charge in [0.05, 0.1) is 13.7 Å². The van der Waals surface area contributed by atoms with E-state index in [1.54, 1.807) is 13.2 Å². The van der Waals surface area contributed by atoms with Gasteiger partial charge in [-0.1, -0.05) is 78.9 Å². The summed E-state index contributed by atoms with van der Waals surface area (Å²) in [5.41, 5.74) is 0.983. The van der Waals surface area contributed by atoms with Crippen LogP contribution < -0.4 is 16.0 Å². The number of nitrogens with one attached hydrogen (secondary N) is 1. The summed E-state index contributed by atoms with van der Waals surface area (Å²) in [7, 11) is 1.64. The molecule has 2 heterocycles. The van der Waals surface area contributed by atoms with E-state index in [0.29, 0.717) is 0 Å². The molecule has 4 aromatic rings. The van der Waals surface area contributed by atoms with Gasteiger partial charge in [0.15, 0.2) is 6.23 Å². The number of hydrogen-bond donors (Lipinski definition) is 1. The molecule has 0 bridgehead atoms. The van der Waals surface area contributed by atoms with Crippen LogP contribution in [0.5, 0.6) is 5.75 Å². The lowest BCUT2D eigenvalue weighted by atomic mass is 9.80. The van der Waals surface area contributed by atoms with E-state index in [0.717, 1.165) is 22.4 Å². The van der Waals surface area contributed by atoms with Gasteiger partial charge in [-0.2, -0.15) is 0 Å². The summed E-state index contributed by atoms with van der Waals surface area (Å²) in [4.78, 5) is 25.9. The molecule has 1 aliphatic heterocycles. The minimum absolute atomic E-state index is 0.223. The van der Waals surface area contributed by atoms with E-state index in [-0.39, 0.29) is 6.61 Å². The number of rotatable bonds is 8. The molecule has 0 fully saturated rings. The lowest BCUT2D eigenvalue weighted by Gasteiger charge is -2.36. The first-order chi connectivity index (χ1) is 17.6. The van der Waals surface area contributed by atoms with E-state index in [9.17, 15) is 9.59 Å². The van der Waals surface area contributed by atoms with Gasteiger partial charge in [0.25, 0.3) is 5.56 Å². The third kappa shape index (κ3) is 4.54. The zero-order chi connectivity index (χ0) is 25.0. The summed E-state index contributed by atoms with van der Waals surface area (Å²) < 4.78 is 19.6. The first-order valence-corrected chi connectivity index (χ1v) is 11.6. The molecule has 0 unspecified atom stereocenters. The number of benzene rings is 3. The zero-order valence-electron chi connectivity index (χ0n) is 19.7. The fraction of sp³-hybridized carbons (Fsp3) is 0.172. The molecule has 36 heavy (non-hydrogen) atoms. The van der Waals surface area contributed by atoms with Crippen LogP contribution in [0.25, 0.3) is 0 Å². The largest absolute Gasteiger partial charge is 0.497 e. The third-order valence-corrected chi connectivity index (χ3v) is 6.25. The van der Waals surface area contributed by atoms with E-state index in [1.807, 2.05) is 91.0 Å². The van der Waals surface area contributed by atoms with Gasteiger partial charge in [0.1, 0.15) is 17.5 Å². The normalized spacial score (nSPS) is 17.2. The predicted molar refractivity (Wildman–Crippen MR) is 136 cm³/mol. The second kappa shape index (κ2) is 10.2. The molecule has 0 radical (unpaired) electrons. The molecule has 1 N–H and O–H groups in total. The van der Waals surface area contributed by atoms with Gasteiger partial charge in [-0.15, -0.1) is 0 Å². The van der Waals surface area contributed by atoms with E-state index in [2.05, 4.69) is 4.98 Å². The van der Waals surface area contributed by atoms with Crippen molar-refractivity contribution < 1.29 is 14.2 Å². The Morgan fingerprint density at radius 2 is 1.44 bits per heavy atom. The number of hydrogen-bond acceptors (Lipinski definition) is 5. The highest BCUT2D eigenvalue weighted by Crippen LogP contribution is 2.41. The maximum absolute atomic E-state index is 12.2. The molecule has 0 saturated heterocycles. The van der Waals surface area contributed by atoms with Crippen molar-refractivity contribution in [2.45, 2.75) is 17.9 Å². The third-order valence-electron chi connectivity index (χ3n) is 6.25. The standard InChI is InChI=1S/C29H26N2O5/c1-34-24-14-12-23(13-15-24)29(21-8-4-2-5-9-21,22-10-6-3-7-11-22)35-20-25-16-17-27(36-25)31-19-18-26(32)30-28(31)33/h2-19,25,27H,20H2,1H3,(H,30,32,33)/t25-,27+/m0/s1. The monoisotopic (exact) mass is 482 g/mol. The predicted octanol–water partition coefficient (Wildman–Crippen LogP) is 4.01. The van der Waals surface area contributed by atoms with Crippen LogP contribution in [0.1, 0.15) is 22.9 Å². The van der Waals surface area contributed by atoms with E-state index in [4.69, 9.17) is 14.2 Å². The first kappa shape index (κ1) is 23.5. The maximum Gasteiger partial charge on any atom is 0.330 e. The smallest absolute Gasteiger partial charge is 0.330 e. The van der Waals surface area contributed by atoms with Gasteiger partial charge in [-0.3, -0.25) is 14.3 Å². The molecule has 7 heteroatoms. The van der Waals surface area contributed by atoms with Crippen LogP contribution >= 0.6 is 0 Å². The van der Waals surface area contributed by atoms with Crippen LogP contribution in [-0.4, -0.2) is 29.4 Å². The van der Waals surface area contributed by atoms with Crippen molar-refractivity contribution in [1.82, 2.24) is 9.55 Å². The molecule has 182 valence electrons. The van der Waals surface area contributed by atoms with Crippen LogP contribution in [0.3, 0.4) is 0 Å². The van der Waals surface area contributed by atoms with Crippen molar-refractivity contribution >= 4 is 0 Å². The second-order valence-electron chi connectivity index (χ2n) is 8.42. The number of ether oxygens (including phenoxy) is 3. The number of H-pyrrole nitrogens is 1. The van der Waals surface area contributed by atoms with Crippen LogP contribution in [0.15, 0.2) is 119 Å². The maximum atomic E-state index is 12.2. The van der Waals surface area contributed by atoms with Crippen molar-refractivity contribution in [3.8, 4) is 5.75 Å². The van der Waals surface area contributed by atoms with E-state index < -0.39 is 29.2 Å². The van der Waals surface area contributed by atoms with Crippen LogP contribution in [0, 0.1) is 0 Å². The van der Waals surface area contributed by atoms with Gasteiger partial charge in [-0.25, -0.2) is 4.79 Å². The van der Waals surface area contributed by atoms with Crippen molar-refractivity contribution in [3.05, 3.63) is 147 Å². The van der Waals surface area contributed by atoms with Crippen molar-refractivity contribution in [1.29, 1.82) is 0 Å². The molecule has 2 atom stereocenters. The SMILES string of the molecule is COc1ccc(C(OC[C@@H]2C=C[C@H](n3ccc(=O)[nH]c3=O)O2)(c2ccccc2)c2ccccc2)cc1. The summed E-state index contributed by atoms with van der Waals surface area (Å²) in [6, 6.07) is 29.2. The Kier molecular flexibility index (Phi) is 6.66. The van der Waals surface area contributed by atoms with Gasteiger partial charge < -0.3 is 14.2 Å². The summed E-state index contributed by atoms with van der Waals surface area (Å²) in [6.45, 7) is 0.223. The first-order valence-electron chi connectivity index (χ1n) is 11.6. The van der Waals surface area contributed by atoms with Gasteiger partial charge >= 0.3 is 5.69 Å². The average molecular weight is 483 g/mol. The second-order valence-corrected chi connectivity index (χ2v) is 8.42. The zero-order valence-corrected chi connectivity index (χ0v) is 19.7. The van der Waals surface area contributed by atoms with Crippen LogP contribution in [0.2, 0.25) is 0 Å². The molecule has 0 amide bonds. The van der Waals surface area contributed by atoms with Crippen molar-refractivity contribution in [2.75, 3.05) is 13.7 Å². The highest BCUT2D eigenvalue weighted by molar-refractivity contribution is 5.48. The molecule has 3 aromatic carbocycles. The van der Waals surface area contributed by atoms with Crippen molar-refractivity contribution in [3.63, 3.8) is 0 Å². The average Bonchev–Trinajstić information content (AvgIpc) is 3.39. The molecule has 0 spiro atoms. The molecule has 7 nitrogen and oxygen atoms in total. The van der Waals surface area contributed by atoms with Crippen LogP contribution in [-0.2, 0) is 15.1 Å². The Bertz CT molecular complexity index is 1400. The minimum atomic E-state index is -0.918. The summed E-state index contributed by atoms with van der Waals surface area (Å²) in [5, 5.41) is 0. The fourth-order valence-electron chi connectivity index (χ4n) is 4.50. The Hall–Kier alpha value is -4.20. The lowest BCUT2D eigenvalue weighted by molar-refractivity contribution is -0.0685. The Morgan fingerprint density at radius 3 is 2.03 bits per heavy atom. The fourth-order valence-corrected chi connectivity index (χ4v) is 4.50. The van der Waals surface area contributed by atoms with E-state index >= 15 is 0 Å². The molecule has 1 aliphatic rings. The number of aromatic nitrogens is 2. The quantitative estimate of drug-likeness (QED) is 0.303. The molecular weight excluding hydrogens is 456 g/mol. The Balaban J connectivity index is 1.50. The number of nitrogens with zero attached hydrogens (tertiary/aromatic N) is 1. The van der Waals surface area contributed by atoms with Gasteiger partial charge in [-0.05, 0) is 34.9 Å². The Morgan fingerprint density at radius 1 is 0.833 bits per heavy atom. The topological polar surface area (TPSA) is 82.5 Å². The van der Waals surface area contributed by atoms with Crippen molar-refractivity contribution in [2.24, 2.45) is 0 Å². The van der Waals surface area contributed by atoms with Gasteiger partial charge in [0.2, 0.25) is 0 Å². The molecule has 0 aliphatic carbocycles. The summed E-state index contributed by atoms with van der Waals surface area (Å²) >= 11 is 0. The summed E-state index contributed by atoms with van der Waals surface area (Å²) in [6.07, 6.45) is 4.05. The summed E-state index contributed by atoms with van der Waals surface area (Å²) in [5.74, 6) is 0.755. The number of aromatic amines is 1. The molecular formula is C29H26N2O5. The molecule has 5 rings (SSSR count). The highest BCUT2D eigenvalue weighted by Gasteiger charge is 2.38.